The predicted octanol–water partition coefficient (Wildman–Crippen LogP) is 3.64. The van der Waals surface area contributed by atoms with Crippen LogP contribution in [-0.2, 0) is 12.8 Å². The van der Waals surface area contributed by atoms with Crippen LogP contribution in [0.1, 0.15) is 25.0 Å². The molecule has 0 aliphatic heterocycles. The van der Waals surface area contributed by atoms with Crippen LogP contribution < -0.4 is 15.8 Å². The molecule has 3 heteroatoms. The van der Waals surface area contributed by atoms with Crippen LogP contribution in [-0.4, -0.2) is 12.1 Å². The van der Waals surface area contributed by atoms with Crippen molar-refractivity contribution in [2.75, 3.05) is 11.1 Å². The molecule has 0 saturated heterocycles. The summed E-state index contributed by atoms with van der Waals surface area (Å²) in [6, 6.07) is 14.9. The average molecular weight is 282 g/mol. The summed E-state index contributed by atoms with van der Waals surface area (Å²) in [6.07, 6.45) is 2.22. The topological polar surface area (TPSA) is 47.3 Å². The zero-order valence-electron chi connectivity index (χ0n) is 12.6. The summed E-state index contributed by atoms with van der Waals surface area (Å²) in [4.78, 5) is 0. The average Bonchev–Trinajstić information content (AvgIpc) is 2.85. The second-order valence-electron chi connectivity index (χ2n) is 5.90. The quantitative estimate of drug-likeness (QED) is 0.842. The highest BCUT2D eigenvalue weighted by Crippen LogP contribution is 2.32. The number of para-hydroxylation sites is 1. The van der Waals surface area contributed by atoms with Crippen LogP contribution in [0.4, 0.5) is 11.4 Å². The lowest BCUT2D eigenvalue weighted by molar-refractivity contribution is 0.244. The Labute approximate surface area is 126 Å². The number of ether oxygens (including phenoxy) is 1. The van der Waals surface area contributed by atoms with Crippen LogP contribution in [0.25, 0.3) is 0 Å². The van der Waals surface area contributed by atoms with E-state index in [4.69, 9.17) is 10.5 Å². The maximum atomic E-state index is 6.23. The maximum Gasteiger partial charge on any atom is 0.144 e. The van der Waals surface area contributed by atoms with Crippen molar-refractivity contribution in [3.8, 4) is 5.75 Å². The minimum absolute atomic E-state index is 0.123. The predicted molar refractivity (Wildman–Crippen MR) is 87.9 cm³/mol. The number of fused-ring (bicyclic) bond motifs is 1. The minimum atomic E-state index is 0.123. The molecule has 0 amide bonds. The molecule has 1 aliphatic rings. The third-order valence-corrected chi connectivity index (χ3v) is 3.84. The van der Waals surface area contributed by atoms with Crippen LogP contribution in [0.2, 0.25) is 0 Å². The first-order chi connectivity index (χ1) is 10.1. The van der Waals surface area contributed by atoms with Crippen molar-refractivity contribution in [1.29, 1.82) is 0 Å². The van der Waals surface area contributed by atoms with Crippen molar-refractivity contribution in [3.05, 3.63) is 53.6 Å². The summed E-state index contributed by atoms with van der Waals surface area (Å²) in [7, 11) is 0. The number of nitrogens with one attached hydrogen (secondary N) is 1. The zero-order valence-corrected chi connectivity index (χ0v) is 12.6. The van der Waals surface area contributed by atoms with Crippen molar-refractivity contribution in [3.63, 3.8) is 0 Å². The van der Waals surface area contributed by atoms with Gasteiger partial charge < -0.3 is 15.8 Å². The molecule has 21 heavy (non-hydrogen) atoms. The number of benzene rings is 2. The molecule has 0 fully saturated rings. The monoisotopic (exact) mass is 282 g/mol. The Morgan fingerprint density at radius 2 is 1.71 bits per heavy atom. The van der Waals surface area contributed by atoms with Gasteiger partial charge in [0.25, 0.3) is 0 Å². The Kier molecular flexibility index (Phi) is 3.74. The van der Waals surface area contributed by atoms with E-state index in [0.29, 0.717) is 11.7 Å². The normalized spacial score (nSPS) is 14.2. The first kappa shape index (κ1) is 13.8. The third kappa shape index (κ3) is 2.97. The van der Waals surface area contributed by atoms with Gasteiger partial charge >= 0.3 is 0 Å². The maximum absolute atomic E-state index is 6.23. The summed E-state index contributed by atoms with van der Waals surface area (Å²) in [6.45, 7) is 4.01. The molecule has 2 aromatic carbocycles. The lowest BCUT2D eigenvalue weighted by Gasteiger charge is -2.18. The summed E-state index contributed by atoms with van der Waals surface area (Å²) < 4.78 is 5.75. The van der Waals surface area contributed by atoms with Crippen LogP contribution in [0, 0.1) is 0 Å². The fourth-order valence-corrected chi connectivity index (χ4v) is 2.91. The molecule has 3 nitrogen and oxygen atoms in total. The van der Waals surface area contributed by atoms with E-state index in [1.165, 1.54) is 11.1 Å². The molecule has 0 spiro atoms. The first-order valence-corrected chi connectivity index (χ1v) is 7.52. The van der Waals surface area contributed by atoms with Crippen LogP contribution in [0.15, 0.2) is 42.5 Å². The van der Waals surface area contributed by atoms with Crippen LogP contribution in [0.3, 0.4) is 0 Å². The summed E-state index contributed by atoms with van der Waals surface area (Å²) in [5.41, 5.74) is 10.8. The Morgan fingerprint density at radius 1 is 1.05 bits per heavy atom. The van der Waals surface area contributed by atoms with E-state index < -0.39 is 0 Å². The number of anilines is 2. The van der Waals surface area contributed by atoms with Gasteiger partial charge in [0.05, 0.1) is 17.5 Å². The van der Waals surface area contributed by atoms with Gasteiger partial charge in [-0.15, -0.1) is 0 Å². The van der Waals surface area contributed by atoms with E-state index >= 15 is 0 Å². The van der Waals surface area contributed by atoms with Crippen molar-refractivity contribution < 1.29 is 4.74 Å². The summed E-state index contributed by atoms with van der Waals surface area (Å²) in [5.74, 6) is 0.755. The van der Waals surface area contributed by atoms with Gasteiger partial charge in [-0.05, 0) is 49.9 Å². The van der Waals surface area contributed by atoms with Gasteiger partial charge in [0.2, 0.25) is 0 Å². The zero-order chi connectivity index (χ0) is 14.8. The van der Waals surface area contributed by atoms with Gasteiger partial charge in [-0.1, -0.05) is 30.3 Å². The number of nitrogen functional groups attached to an aromatic ring is 1. The lowest BCUT2D eigenvalue weighted by atomic mass is 10.1. The standard InChI is InChI=1S/C18H22N2O/c1-12(2)21-17-9-5-8-16(18(17)19)20-15-10-13-6-3-4-7-14(13)11-15/h3-9,12,15,20H,10-11,19H2,1-2H3. The molecule has 0 radical (unpaired) electrons. The molecule has 1 aliphatic carbocycles. The van der Waals surface area contributed by atoms with E-state index in [-0.39, 0.29) is 6.10 Å². The molecule has 3 rings (SSSR count). The van der Waals surface area contributed by atoms with Gasteiger partial charge in [-0.3, -0.25) is 0 Å². The van der Waals surface area contributed by atoms with Gasteiger partial charge in [0, 0.05) is 6.04 Å². The SMILES string of the molecule is CC(C)Oc1cccc(NC2Cc3ccccc3C2)c1N. The smallest absolute Gasteiger partial charge is 0.144 e. The first-order valence-electron chi connectivity index (χ1n) is 7.52. The molecular formula is C18H22N2O. The van der Waals surface area contributed by atoms with Crippen molar-refractivity contribution >= 4 is 11.4 Å². The molecule has 0 heterocycles. The van der Waals surface area contributed by atoms with E-state index in [0.717, 1.165) is 24.3 Å². The van der Waals surface area contributed by atoms with Gasteiger partial charge in [-0.2, -0.15) is 0 Å². The molecule has 3 N–H and O–H groups in total. The molecule has 0 aromatic heterocycles. The molecule has 0 saturated carbocycles. The lowest BCUT2D eigenvalue weighted by Crippen LogP contribution is -2.20. The van der Waals surface area contributed by atoms with Gasteiger partial charge in [-0.25, -0.2) is 0 Å². The number of nitrogens with two attached hydrogens (primary N) is 1. The summed E-state index contributed by atoms with van der Waals surface area (Å²) >= 11 is 0. The highest BCUT2D eigenvalue weighted by molar-refractivity contribution is 5.73. The number of rotatable bonds is 4. The Morgan fingerprint density at radius 3 is 2.33 bits per heavy atom. The molecule has 110 valence electrons. The van der Waals surface area contributed by atoms with Crippen molar-refractivity contribution in [2.45, 2.75) is 38.8 Å². The number of hydrogen-bond donors (Lipinski definition) is 2. The Balaban J connectivity index is 1.75. The second-order valence-corrected chi connectivity index (χ2v) is 5.90. The molecular weight excluding hydrogens is 260 g/mol. The van der Waals surface area contributed by atoms with Gasteiger partial charge in [0.1, 0.15) is 5.75 Å². The molecule has 0 unspecified atom stereocenters. The van der Waals surface area contributed by atoms with Crippen LogP contribution >= 0.6 is 0 Å². The molecule has 0 atom stereocenters. The fourth-order valence-electron chi connectivity index (χ4n) is 2.91. The van der Waals surface area contributed by atoms with Crippen molar-refractivity contribution in [2.24, 2.45) is 0 Å². The third-order valence-electron chi connectivity index (χ3n) is 3.84. The van der Waals surface area contributed by atoms with E-state index in [9.17, 15) is 0 Å². The second kappa shape index (κ2) is 5.68. The minimum Gasteiger partial charge on any atom is -0.489 e. The van der Waals surface area contributed by atoms with Crippen molar-refractivity contribution in [1.82, 2.24) is 0 Å². The highest BCUT2D eigenvalue weighted by atomic mass is 16.5. The number of hydrogen-bond acceptors (Lipinski definition) is 3. The van der Waals surface area contributed by atoms with Gasteiger partial charge in [0.15, 0.2) is 0 Å². The highest BCUT2D eigenvalue weighted by Gasteiger charge is 2.21. The fraction of sp³-hybridized carbons (Fsp3) is 0.333. The van der Waals surface area contributed by atoms with E-state index in [2.05, 4.69) is 29.6 Å². The Bertz CT molecular complexity index is 612. The van der Waals surface area contributed by atoms with E-state index in [1.54, 1.807) is 0 Å². The summed E-state index contributed by atoms with van der Waals surface area (Å²) in [5, 5.41) is 3.56. The van der Waals surface area contributed by atoms with Crippen LogP contribution in [0.5, 0.6) is 5.75 Å². The Hall–Kier alpha value is -2.16. The van der Waals surface area contributed by atoms with E-state index in [1.807, 2.05) is 32.0 Å². The molecule has 0 bridgehead atoms. The molecule has 2 aromatic rings. The largest absolute Gasteiger partial charge is 0.489 e.